The number of rotatable bonds is 6. The van der Waals surface area contributed by atoms with Crippen LogP contribution in [0.4, 0.5) is 48.7 Å². The molecule has 1 heterocycles. The highest BCUT2D eigenvalue weighted by atomic mass is 19.4. The molecule has 1 aliphatic heterocycles. The van der Waals surface area contributed by atoms with Crippen LogP contribution in [0, 0.1) is 5.82 Å². The molecule has 46 heavy (non-hydrogen) atoms. The number of amides is 1. The minimum Gasteiger partial charge on any atom is -0.496 e. The molecule has 0 radical (unpaired) electrons. The number of halogens is 10. The molecule has 252 valence electrons. The van der Waals surface area contributed by atoms with E-state index < -0.39 is 71.4 Å². The molecule has 4 rings (SSSR count). The zero-order valence-electron chi connectivity index (χ0n) is 25.5. The second-order valence-corrected chi connectivity index (χ2v) is 10.6. The van der Waals surface area contributed by atoms with Crippen molar-refractivity contribution >= 4 is 6.09 Å². The van der Waals surface area contributed by atoms with Crippen LogP contribution in [0.15, 0.2) is 48.5 Å². The molecular formula is C32H31F10NO3. The summed E-state index contributed by atoms with van der Waals surface area (Å²) in [5.74, 6) is -0.972. The van der Waals surface area contributed by atoms with Crippen LogP contribution in [0.1, 0.15) is 80.0 Å². The Balaban J connectivity index is 0.00000282. The highest BCUT2D eigenvalue weighted by Gasteiger charge is 2.44. The van der Waals surface area contributed by atoms with E-state index in [0.717, 1.165) is 29.2 Å². The lowest BCUT2D eigenvalue weighted by atomic mass is 9.91. The fraction of sp³-hybridized carbons (Fsp3) is 0.406. The predicted octanol–water partition coefficient (Wildman–Crippen LogP) is 10.8. The quantitative estimate of drug-likeness (QED) is 0.246. The van der Waals surface area contributed by atoms with Crippen molar-refractivity contribution in [3.63, 3.8) is 0 Å². The topological polar surface area (TPSA) is 38.8 Å². The number of alkyl halides is 9. The Kier molecular flexibility index (Phi) is 10.6. The summed E-state index contributed by atoms with van der Waals surface area (Å²) in [7, 11) is 1.23. The van der Waals surface area contributed by atoms with Gasteiger partial charge in [-0.05, 0) is 71.5 Å². The zero-order valence-corrected chi connectivity index (χ0v) is 25.5. The van der Waals surface area contributed by atoms with Crippen molar-refractivity contribution in [2.45, 2.75) is 77.8 Å². The van der Waals surface area contributed by atoms with Gasteiger partial charge in [0.1, 0.15) is 17.7 Å². The SMILES string of the molecule is CC.COc1cc(F)c(C(C)C)cc1-c1ccc(C(F)(F)F)cc1CN1C(=O)OC(c2cc(C(F)(F)F)cc(C(F)(F)F)c2)C1C. The molecule has 14 heteroatoms. The van der Waals surface area contributed by atoms with Crippen molar-refractivity contribution in [1.82, 2.24) is 4.90 Å². The Labute approximate surface area is 258 Å². The number of methoxy groups -OCH3 is 1. The van der Waals surface area contributed by atoms with Gasteiger partial charge in [-0.15, -0.1) is 0 Å². The molecule has 1 amide bonds. The molecule has 3 aromatic carbocycles. The van der Waals surface area contributed by atoms with Crippen LogP contribution in [0.3, 0.4) is 0 Å². The summed E-state index contributed by atoms with van der Waals surface area (Å²) in [4.78, 5) is 13.8. The van der Waals surface area contributed by atoms with Gasteiger partial charge in [-0.2, -0.15) is 39.5 Å². The first-order chi connectivity index (χ1) is 21.2. The first-order valence-electron chi connectivity index (χ1n) is 14.1. The van der Waals surface area contributed by atoms with E-state index in [4.69, 9.17) is 9.47 Å². The van der Waals surface area contributed by atoms with Crippen molar-refractivity contribution < 1.29 is 58.2 Å². The van der Waals surface area contributed by atoms with E-state index in [9.17, 15) is 48.7 Å². The summed E-state index contributed by atoms with van der Waals surface area (Å²) in [5.41, 5.74) is -4.48. The van der Waals surface area contributed by atoms with E-state index in [1.54, 1.807) is 13.8 Å². The number of nitrogens with zero attached hydrogens (tertiary/aromatic N) is 1. The molecular weight excluding hydrogens is 636 g/mol. The van der Waals surface area contributed by atoms with Crippen molar-refractivity contribution in [1.29, 1.82) is 0 Å². The number of hydrogen-bond donors (Lipinski definition) is 0. The summed E-state index contributed by atoms with van der Waals surface area (Å²) >= 11 is 0. The average Bonchev–Trinajstić information content (AvgIpc) is 3.24. The molecule has 1 saturated heterocycles. The first-order valence-corrected chi connectivity index (χ1v) is 14.1. The number of ether oxygens (including phenoxy) is 2. The summed E-state index contributed by atoms with van der Waals surface area (Å²) in [6.45, 7) is 8.09. The van der Waals surface area contributed by atoms with Crippen LogP contribution in [-0.2, 0) is 29.8 Å². The van der Waals surface area contributed by atoms with Gasteiger partial charge < -0.3 is 9.47 Å². The standard InChI is InChI=1S/C30H25F10NO3.C2H6/c1-14(2)22-11-23(25(43-4)12-24(22)31)21-6-5-18(28(32,33)34)9-17(21)13-41-15(3)26(44-27(41)42)16-7-19(29(35,36)37)10-20(8-16)30(38,39)40;1-2/h5-12,14-15,26H,13H2,1-4H3;1-2H3. The number of carbonyl (C=O) groups is 1. The highest BCUT2D eigenvalue weighted by molar-refractivity contribution is 5.76. The van der Waals surface area contributed by atoms with E-state index in [0.29, 0.717) is 12.1 Å². The monoisotopic (exact) mass is 667 g/mol. The Hall–Kier alpha value is -3.97. The van der Waals surface area contributed by atoms with Crippen LogP contribution in [0.5, 0.6) is 5.75 Å². The molecule has 3 aromatic rings. The lowest BCUT2D eigenvalue weighted by molar-refractivity contribution is -0.143. The van der Waals surface area contributed by atoms with Crippen LogP contribution in [-0.4, -0.2) is 24.1 Å². The molecule has 4 nitrogen and oxygen atoms in total. The summed E-state index contributed by atoms with van der Waals surface area (Å²) in [6, 6.07) is 4.71. The van der Waals surface area contributed by atoms with E-state index in [1.165, 1.54) is 20.1 Å². The van der Waals surface area contributed by atoms with Crippen LogP contribution >= 0.6 is 0 Å². The third-order valence-electron chi connectivity index (χ3n) is 7.33. The molecule has 0 saturated carbocycles. The predicted molar refractivity (Wildman–Crippen MR) is 149 cm³/mol. The van der Waals surface area contributed by atoms with Gasteiger partial charge in [-0.3, -0.25) is 4.90 Å². The third kappa shape index (κ3) is 7.69. The number of hydrogen-bond acceptors (Lipinski definition) is 3. The lowest BCUT2D eigenvalue weighted by Crippen LogP contribution is -2.32. The molecule has 2 unspecified atom stereocenters. The Morgan fingerprint density at radius 2 is 1.35 bits per heavy atom. The van der Waals surface area contributed by atoms with Gasteiger partial charge in [0.05, 0.1) is 36.4 Å². The van der Waals surface area contributed by atoms with Crippen LogP contribution in [0.2, 0.25) is 0 Å². The summed E-state index contributed by atoms with van der Waals surface area (Å²) < 4.78 is 147. The van der Waals surface area contributed by atoms with Gasteiger partial charge >= 0.3 is 24.6 Å². The Morgan fingerprint density at radius 3 is 1.83 bits per heavy atom. The lowest BCUT2D eigenvalue weighted by Gasteiger charge is -2.24. The fourth-order valence-corrected chi connectivity index (χ4v) is 5.04. The van der Waals surface area contributed by atoms with Gasteiger partial charge in [0.15, 0.2) is 0 Å². The van der Waals surface area contributed by atoms with E-state index in [-0.39, 0.29) is 40.0 Å². The minimum absolute atomic E-state index is 0.0218. The second-order valence-electron chi connectivity index (χ2n) is 10.6. The van der Waals surface area contributed by atoms with Crippen molar-refractivity contribution in [3.05, 3.63) is 87.7 Å². The second kappa shape index (κ2) is 13.4. The van der Waals surface area contributed by atoms with Crippen molar-refractivity contribution in [3.8, 4) is 16.9 Å². The molecule has 1 fully saturated rings. The molecule has 0 N–H and O–H groups in total. The van der Waals surface area contributed by atoms with Gasteiger partial charge in [0.2, 0.25) is 0 Å². The smallest absolute Gasteiger partial charge is 0.416 e. The molecule has 0 bridgehead atoms. The first kappa shape index (κ1) is 36.5. The Bertz CT molecular complexity index is 1530. The molecule has 0 aliphatic carbocycles. The zero-order chi connectivity index (χ0) is 34.9. The molecule has 0 aromatic heterocycles. The van der Waals surface area contributed by atoms with Crippen LogP contribution < -0.4 is 4.74 Å². The normalized spacial score (nSPS) is 17.2. The largest absolute Gasteiger partial charge is 0.496 e. The van der Waals surface area contributed by atoms with Gasteiger partial charge in [0, 0.05) is 11.6 Å². The summed E-state index contributed by atoms with van der Waals surface area (Å²) in [6.07, 6.45) is -17.9. The van der Waals surface area contributed by atoms with Gasteiger partial charge in [-0.25, -0.2) is 9.18 Å². The van der Waals surface area contributed by atoms with E-state index in [1.807, 2.05) is 13.8 Å². The molecule has 0 spiro atoms. The number of benzene rings is 3. The van der Waals surface area contributed by atoms with Crippen molar-refractivity contribution in [2.24, 2.45) is 0 Å². The maximum atomic E-state index is 14.7. The van der Waals surface area contributed by atoms with E-state index >= 15 is 0 Å². The van der Waals surface area contributed by atoms with Gasteiger partial charge in [0.25, 0.3) is 0 Å². The fourth-order valence-electron chi connectivity index (χ4n) is 5.04. The Morgan fingerprint density at radius 1 is 0.804 bits per heavy atom. The average molecular weight is 668 g/mol. The maximum Gasteiger partial charge on any atom is 0.416 e. The molecule has 2 atom stereocenters. The minimum atomic E-state index is -5.16. The maximum absolute atomic E-state index is 14.7. The number of carbonyl (C=O) groups excluding carboxylic acids is 1. The summed E-state index contributed by atoms with van der Waals surface area (Å²) in [5, 5.41) is 0. The third-order valence-corrected chi connectivity index (χ3v) is 7.33. The highest BCUT2D eigenvalue weighted by Crippen LogP contribution is 2.43. The van der Waals surface area contributed by atoms with Crippen LogP contribution in [0.25, 0.3) is 11.1 Å². The number of cyclic esters (lactones) is 1. The van der Waals surface area contributed by atoms with Crippen molar-refractivity contribution in [2.75, 3.05) is 7.11 Å². The van der Waals surface area contributed by atoms with Gasteiger partial charge in [-0.1, -0.05) is 33.8 Å². The van der Waals surface area contributed by atoms with E-state index in [2.05, 4.69) is 0 Å². The molecule has 1 aliphatic rings.